The van der Waals surface area contributed by atoms with Gasteiger partial charge in [-0.05, 0) is 24.0 Å². The summed E-state index contributed by atoms with van der Waals surface area (Å²) >= 11 is 0. The smallest absolute Gasteiger partial charge is 0.0688 e. The van der Waals surface area contributed by atoms with Gasteiger partial charge in [-0.2, -0.15) is 0 Å². The van der Waals surface area contributed by atoms with Crippen molar-refractivity contribution in [2.75, 3.05) is 0 Å². The fourth-order valence-corrected chi connectivity index (χ4v) is 2.38. The van der Waals surface area contributed by atoms with Gasteiger partial charge < -0.3 is 5.11 Å². The quantitative estimate of drug-likeness (QED) is 0.796. The molecule has 1 nitrogen and oxygen atoms in total. The predicted molar refractivity (Wildman–Crippen MR) is 63.5 cm³/mol. The van der Waals surface area contributed by atoms with Crippen LogP contribution in [0, 0.1) is 0 Å². The molecule has 1 saturated carbocycles. The molecule has 0 radical (unpaired) electrons. The van der Waals surface area contributed by atoms with E-state index >= 15 is 0 Å². The van der Waals surface area contributed by atoms with Gasteiger partial charge in [-0.25, -0.2) is 0 Å². The minimum absolute atomic E-state index is 0.479. The summed E-state index contributed by atoms with van der Waals surface area (Å²) in [5.74, 6) is 0. The first-order chi connectivity index (χ1) is 7.20. The van der Waals surface area contributed by atoms with Gasteiger partial charge in [0, 0.05) is 6.42 Å². The standard InChI is InChI=1S/C14H18O/c1-12(13-7-3-2-4-8-13)11-14(15)9-5-6-10-14/h2-4,7-8,15H,1,5-6,9-11H2. The lowest BCUT2D eigenvalue weighted by atomic mass is 9.90. The van der Waals surface area contributed by atoms with Crippen molar-refractivity contribution in [1.29, 1.82) is 0 Å². The fourth-order valence-electron chi connectivity index (χ4n) is 2.38. The molecule has 1 aliphatic rings. The van der Waals surface area contributed by atoms with E-state index in [1.807, 2.05) is 18.2 Å². The van der Waals surface area contributed by atoms with Crippen LogP contribution >= 0.6 is 0 Å². The number of hydrogen-bond acceptors (Lipinski definition) is 1. The molecule has 2 rings (SSSR count). The Hall–Kier alpha value is -1.08. The van der Waals surface area contributed by atoms with Gasteiger partial charge in [0.1, 0.15) is 0 Å². The highest BCUT2D eigenvalue weighted by atomic mass is 16.3. The molecule has 0 unspecified atom stereocenters. The summed E-state index contributed by atoms with van der Waals surface area (Å²) < 4.78 is 0. The third-order valence-corrected chi connectivity index (χ3v) is 3.26. The first-order valence-electron chi connectivity index (χ1n) is 5.65. The molecule has 0 heterocycles. The van der Waals surface area contributed by atoms with Crippen LogP contribution < -0.4 is 0 Å². The van der Waals surface area contributed by atoms with Crippen LogP contribution in [0.2, 0.25) is 0 Å². The minimum Gasteiger partial charge on any atom is -0.390 e. The Morgan fingerprint density at radius 2 is 1.80 bits per heavy atom. The Kier molecular flexibility index (Phi) is 2.92. The molecule has 0 aliphatic heterocycles. The van der Waals surface area contributed by atoms with Crippen LogP contribution in [-0.2, 0) is 0 Å². The minimum atomic E-state index is -0.479. The van der Waals surface area contributed by atoms with Gasteiger partial charge in [0.15, 0.2) is 0 Å². The van der Waals surface area contributed by atoms with Crippen LogP contribution in [-0.4, -0.2) is 10.7 Å². The average molecular weight is 202 g/mol. The van der Waals surface area contributed by atoms with E-state index in [4.69, 9.17) is 0 Å². The summed E-state index contributed by atoms with van der Waals surface area (Å²) in [5, 5.41) is 10.3. The molecule has 80 valence electrons. The van der Waals surface area contributed by atoms with E-state index in [9.17, 15) is 5.11 Å². The van der Waals surface area contributed by atoms with Gasteiger partial charge in [-0.1, -0.05) is 49.8 Å². The van der Waals surface area contributed by atoms with Gasteiger partial charge in [-0.3, -0.25) is 0 Å². The molecule has 0 saturated heterocycles. The van der Waals surface area contributed by atoms with E-state index in [1.54, 1.807) is 0 Å². The van der Waals surface area contributed by atoms with Crippen molar-refractivity contribution < 1.29 is 5.11 Å². The van der Waals surface area contributed by atoms with Gasteiger partial charge in [0.2, 0.25) is 0 Å². The molecule has 1 aromatic carbocycles. The first kappa shape index (κ1) is 10.4. The van der Waals surface area contributed by atoms with Gasteiger partial charge in [0.25, 0.3) is 0 Å². The monoisotopic (exact) mass is 202 g/mol. The van der Waals surface area contributed by atoms with Crippen LogP contribution in [0.15, 0.2) is 36.9 Å². The molecule has 1 N–H and O–H groups in total. The third kappa shape index (κ3) is 2.48. The second-order valence-corrected chi connectivity index (χ2v) is 4.58. The number of rotatable bonds is 3. The van der Waals surface area contributed by atoms with Crippen molar-refractivity contribution in [3.05, 3.63) is 42.5 Å². The van der Waals surface area contributed by atoms with Crippen molar-refractivity contribution in [3.63, 3.8) is 0 Å². The van der Waals surface area contributed by atoms with E-state index in [0.717, 1.165) is 43.2 Å². The van der Waals surface area contributed by atoms with Crippen LogP contribution in [0.3, 0.4) is 0 Å². The molecule has 0 atom stereocenters. The zero-order valence-corrected chi connectivity index (χ0v) is 9.08. The topological polar surface area (TPSA) is 20.2 Å². The van der Waals surface area contributed by atoms with E-state index in [0.29, 0.717) is 0 Å². The maximum absolute atomic E-state index is 10.3. The molecule has 1 heteroatoms. The summed E-state index contributed by atoms with van der Waals surface area (Å²) in [5.41, 5.74) is 1.73. The maximum Gasteiger partial charge on any atom is 0.0688 e. The molecule has 0 spiro atoms. The molecule has 1 fully saturated rings. The van der Waals surface area contributed by atoms with Crippen molar-refractivity contribution in [2.24, 2.45) is 0 Å². The van der Waals surface area contributed by atoms with Crippen molar-refractivity contribution in [3.8, 4) is 0 Å². The summed E-state index contributed by atoms with van der Waals surface area (Å²) in [6, 6.07) is 10.1. The highest BCUT2D eigenvalue weighted by Gasteiger charge is 2.31. The van der Waals surface area contributed by atoms with E-state index in [2.05, 4.69) is 18.7 Å². The molecule has 1 aliphatic carbocycles. The molecule has 0 amide bonds. The van der Waals surface area contributed by atoms with Crippen LogP contribution in [0.4, 0.5) is 0 Å². The SMILES string of the molecule is C=C(CC1(O)CCCC1)c1ccccc1. The highest BCUT2D eigenvalue weighted by molar-refractivity contribution is 5.63. The Labute approximate surface area is 91.4 Å². The summed E-state index contributed by atoms with van der Waals surface area (Å²) in [6.07, 6.45) is 4.88. The number of benzene rings is 1. The van der Waals surface area contributed by atoms with Crippen molar-refractivity contribution in [1.82, 2.24) is 0 Å². The van der Waals surface area contributed by atoms with Crippen LogP contribution in [0.5, 0.6) is 0 Å². The lowest BCUT2D eigenvalue weighted by molar-refractivity contribution is 0.0534. The highest BCUT2D eigenvalue weighted by Crippen LogP contribution is 2.36. The Morgan fingerprint density at radius 3 is 2.40 bits per heavy atom. The fraction of sp³-hybridized carbons (Fsp3) is 0.429. The van der Waals surface area contributed by atoms with Gasteiger partial charge >= 0.3 is 0 Å². The predicted octanol–water partition coefficient (Wildman–Crippen LogP) is 3.40. The summed E-state index contributed by atoms with van der Waals surface area (Å²) in [6.45, 7) is 4.07. The summed E-state index contributed by atoms with van der Waals surface area (Å²) in [7, 11) is 0. The molecular formula is C14H18O. The molecule has 0 bridgehead atoms. The lowest BCUT2D eigenvalue weighted by Crippen LogP contribution is -2.23. The van der Waals surface area contributed by atoms with Crippen LogP contribution in [0.25, 0.3) is 5.57 Å². The maximum atomic E-state index is 10.3. The van der Waals surface area contributed by atoms with E-state index in [-0.39, 0.29) is 0 Å². The molecule has 15 heavy (non-hydrogen) atoms. The Bertz CT molecular complexity index is 334. The second-order valence-electron chi connectivity index (χ2n) is 4.58. The summed E-state index contributed by atoms with van der Waals surface area (Å²) in [4.78, 5) is 0. The van der Waals surface area contributed by atoms with E-state index in [1.165, 1.54) is 0 Å². The van der Waals surface area contributed by atoms with E-state index < -0.39 is 5.60 Å². The van der Waals surface area contributed by atoms with Crippen molar-refractivity contribution in [2.45, 2.75) is 37.7 Å². The molecular weight excluding hydrogens is 184 g/mol. The third-order valence-electron chi connectivity index (χ3n) is 3.26. The number of aliphatic hydroxyl groups is 1. The first-order valence-corrected chi connectivity index (χ1v) is 5.65. The Morgan fingerprint density at radius 1 is 1.20 bits per heavy atom. The van der Waals surface area contributed by atoms with Crippen molar-refractivity contribution >= 4 is 5.57 Å². The van der Waals surface area contributed by atoms with Crippen LogP contribution in [0.1, 0.15) is 37.7 Å². The zero-order chi connectivity index (χ0) is 10.7. The van der Waals surface area contributed by atoms with Gasteiger partial charge in [0.05, 0.1) is 5.60 Å². The average Bonchev–Trinajstić information content (AvgIpc) is 2.66. The number of hydrogen-bond donors (Lipinski definition) is 1. The Balaban J connectivity index is 2.04. The lowest BCUT2D eigenvalue weighted by Gasteiger charge is -2.23. The largest absolute Gasteiger partial charge is 0.390 e. The zero-order valence-electron chi connectivity index (χ0n) is 9.08. The molecule has 0 aromatic heterocycles. The second kappa shape index (κ2) is 4.19. The van der Waals surface area contributed by atoms with Gasteiger partial charge in [-0.15, -0.1) is 0 Å². The molecule has 1 aromatic rings. The normalized spacial score (nSPS) is 19.0.